The molecule has 7 nitrogen and oxygen atoms in total. The Hall–Kier alpha value is -3.74. The molecule has 1 heterocycles. The van der Waals surface area contributed by atoms with Gasteiger partial charge >= 0.3 is 5.97 Å². The number of esters is 1. The molecule has 31 heavy (non-hydrogen) atoms. The van der Waals surface area contributed by atoms with Crippen LogP contribution in [-0.2, 0) is 14.3 Å². The maximum absolute atomic E-state index is 13.1. The van der Waals surface area contributed by atoms with Crippen molar-refractivity contribution in [1.29, 1.82) is 0 Å². The molecule has 0 saturated carbocycles. The highest BCUT2D eigenvalue weighted by Crippen LogP contribution is 2.27. The monoisotopic (exact) mass is 420 g/mol. The van der Waals surface area contributed by atoms with Gasteiger partial charge in [-0.1, -0.05) is 23.8 Å². The highest BCUT2D eigenvalue weighted by atomic mass is 16.5. The molecule has 0 N–H and O–H groups in total. The third-order valence-electron chi connectivity index (χ3n) is 4.99. The van der Waals surface area contributed by atoms with Gasteiger partial charge in [0.05, 0.1) is 24.3 Å². The summed E-state index contributed by atoms with van der Waals surface area (Å²) in [6.07, 6.45) is 1.41. The lowest BCUT2D eigenvalue weighted by Gasteiger charge is -2.26. The SMILES string of the molecule is C=CCN(C(=O)c1cccc(C)c1)C1CC(=O)N(c2ccc(C(=O)OCC)cc2)C1=O. The molecule has 0 aliphatic carbocycles. The predicted octanol–water partition coefficient (Wildman–Crippen LogP) is 3.13. The molecule has 2 aromatic carbocycles. The fourth-order valence-corrected chi connectivity index (χ4v) is 3.53. The molecular weight excluding hydrogens is 396 g/mol. The highest BCUT2D eigenvalue weighted by Gasteiger charge is 2.44. The van der Waals surface area contributed by atoms with Crippen molar-refractivity contribution >= 4 is 29.4 Å². The van der Waals surface area contributed by atoms with Gasteiger partial charge in [-0.15, -0.1) is 6.58 Å². The Morgan fingerprint density at radius 3 is 2.48 bits per heavy atom. The van der Waals surface area contributed by atoms with Crippen molar-refractivity contribution in [3.63, 3.8) is 0 Å². The third-order valence-corrected chi connectivity index (χ3v) is 4.99. The van der Waals surface area contributed by atoms with E-state index in [-0.39, 0.29) is 25.5 Å². The van der Waals surface area contributed by atoms with Crippen molar-refractivity contribution in [2.24, 2.45) is 0 Å². The maximum Gasteiger partial charge on any atom is 0.338 e. The van der Waals surface area contributed by atoms with Crippen molar-refractivity contribution in [2.75, 3.05) is 18.1 Å². The van der Waals surface area contributed by atoms with Gasteiger partial charge in [-0.3, -0.25) is 14.4 Å². The average molecular weight is 420 g/mol. The zero-order valence-corrected chi connectivity index (χ0v) is 17.5. The van der Waals surface area contributed by atoms with Gasteiger partial charge in [0, 0.05) is 12.1 Å². The Morgan fingerprint density at radius 2 is 1.87 bits per heavy atom. The van der Waals surface area contributed by atoms with Gasteiger partial charge in [-0.25, -0.2) is 9.69 Å². The van der Waals surface area contributed by atoms with E-state index in [1.54, 1.807) is 25.1 Å². The second-order valence-electron chi connectivity index (χ2n) is 7.17. The fourth-order valence-electron chi connectivity index (χ4n) is 3.53. The van der Waals surface area contributed by atoms with E-state index >= 15 is 0 Å². The van der Waals surface area contributed by atoms with Crippen molar-refractivity contribution < 1.29 is 23.9 Å². The number of aryl methyl sites for hydroxylation is 1. The Morgan fingerprint density at radius 1 is 1.16 bits per heavy atom. The first kappa shape index (κ1) is 22.0. The highest BCUT2D eigenvalue weighted by molar-refractivity contribution is 6.23. The Balaban J connectivity index is 1.85. The maximum atomic E-state index is 13.1. The number of benzene rings is 2. The largest absolute Gasteiger partial charge is 0.462 e. The molecule has 7 heteroatoms. The average Bonchev–Trinajstić information content (AvgIpc) is 3.05. The summed E-state index contributed by atoms with van der Waals surface area (Å²) in [6.45, 7) is 7.65. The number of carbonyl (C=O) groups is 4. The van der Waals surface area contributed by atoms with E-state index in [2.05, 4.69) is 6.58 Å². The van der Waals surface area contributed by atoms with Crippen LogP contribution in [0, 0.1) is 6.92 Å². The Bertz CT molecular complexity index is 1030. The first-order chi connectivity index (χ1) is 14.9. The molecule has 1 unspecified atom stereocenters. The molecule has 3 rings (SSSR count). The number of hydrogen-bond acceptors (Lipinski definition) is 5. The number of nitrogens with zero attached hydrogens (tertiary/aromatic N) is 2. The van der Waals surface area contributed by atoms with Crippen molar-refractivity contribution in [1.82, 2.24) is 4.90 Å². The van der Waals surface area contributed by atoms with Crippen LogP contribution in [0.15, 0.2) is 61.2 Å². The molecule has 0 bridgehead atoms. The summed E-state index contributed by atoms with van der Waals surface area (Å²) < 4.78 is 4.95. The van der Waals surface area contributed by atoms with Gasteiger partial charge in [0.1, 0.15) is 6.04 Å². The van der Waals surface area contributed by atoms with Gasteiger partial charge < -0.3 is 9.64 Å². The molecule has 0 aromatic heterocycles. The minimum absolute atomic E-state index is 0.121. The zero-order valence-electron chi connectivity index (χ0n) is 17.5. The van der Waals surface area contributed by atoms with E-state index in [4.69, 9.17) is 4.74 Å². The number of amides is 3. The normalized spacial score (nSPS) is 15.7. The lowest BCUT2D eigenvalue weighted by Crippen LogP contribution is -2.45. The van der Waals surface area contributed by atoms with E-state index in [0.717, 1.165) is 10.5 Å². The molecule has 1 saturated heterocycles. The van der Waals surface area contributed by atoms with E-state index in [0.29, 0.717) is 16.8 Å². The van der Waals surface area contributed by atoms with Crippen LogP contribution < -0.4 is 4.90 Å². The van der Waals surface area contributed by atoms with Crippen LogP contribution in [0.1, 0.15) is 39.6 Å². The second-order valence-corrected chi connectivity index (χ2v) is 7.17. The molecule has 1 atom stereocenters. The van der Waals surface area contributed by atoms with Crippen molar-refractivity contribution in [2.45, 2.75) is 26.3 Å². The van der Waals surface area contributed by atoms with Crippen LogP contribution in [0.2, 0.25) is 0 Å². The number of rotatable bonds is 7. The van der Waals surface area contributed by atoms with Crippen LogP contribution in [0.4, 0.5) is 5.69 Å². The molecule has 1 fully saturated rings. The van der Waals surface area contributed by atoms with Gasteiger partial charge in [-0.2, -0.15) is 0 Å². The number of imide groups is 1. The number of hydrogen-bond donors (Lipinski definition) is 0. The van der Waals surface area contributed by atoms with Crippen LogP contribution in [0.25, 0.3) is 0 Å². The summed E-state index contributed by atoms with van der Waals surface area (Å²) >= 11 is 0. The molecule has 1 aliphatic rings. The first-order valence-corrected chi connectivity index (χ1v) is 9.99. The molecule has 3 amide bonds. The molecule has 160 valence electrons. The van der Waals surface area contributed by atoms with E-state index in [1.165, 1.54) is 35.2 Å². The van der Waals surface area contributed by atoms with Crippen LogP contribution in [0.3, 0.4) is 0 Å². The van der Waals surface area contributed by atoms with Crippen LogP contribution >= 0.6 is 0 Å². The third kappa shape index (κ3) is 4.55. The molecule has 0 radical (unpaired) electrons. The smallest absolute Gasteiger partial charge is 0.338 e. The first-order valence-electron chi connectivity index (χ1n) is 9.99. The standard InChI is InChI=1S/C24H24N2O5/c1-4-13-25(22(28)18-8-6-7-16(3)14-18)20-15-21(27)26(23(20)29)19-11-9-17(10-12-19)24(30)31-5-2/h4,6-12,14,20H,1,5,13,15H2,2-3H3. The van der Waals surface area contributed by atoms with Crippen molar-refractivity contribution in [3.8, 4) is 0 Å². The number of ether oxygens (including phenoxy) is 1. The fraction of sp³-hybridized carbons (Fsp3) is 0.250. The lowest BCUT2D eigenvalue weighted by atomic mass is 10.1. The topological polar surface area (TPSA) is 84.0 Å². The molecule has 0 spiro atoms. The summed E-state index contributed by atoms with van der Waals surface area (Å²) in [5.74, 6) is -1.72. The van der Waals surface area contributed by atoms with Crippen molar-refractivity contribution in [3.05, 3.63) is 77.9 Å². The van der Waals surface area contributed by atoms with Gasteiger partial charge in [0.25, 0.3) is 11.8 Å². The van der Waals surface area contributed by atoms with Gasteiger partial charge in [-0.05, 0) is 50.2 Å². The summed E-state index contributed by atoms with van der Waals surface area (Å²) in [5.41, 5.74) is 2.03. The summed E-state index contributed by atoms with van der Waals surface area (Å²) in [5, 5.41) is 0. The molecular formula is C24H24N2O5. The number of carbonyl (C=O) groups excluding carboxylic acids is 4. The minimum Gasteiger partial charge on any atom is -0.462 e. The molecule has 1 aliphatic heterocycles. The molecule has 2 aromatic rings. The number of anilines is 1. The minimum atomic E-state index is -0.928. The van der Waals surface area contributed by atoms with Crippen LogP contribution in [-0.4, -0.2) is 47.8 Å². The predicted molar refractivity (Wildman–Crippen MR) is 116 cm³/mol. The van der Waals surface area contributed by atoms with E-state index in [9.17, 15) is 19.2 Å². The Kier molecular flexibility index (Phi) is 6.65. The van der Waals surface area contributed by atoms with Gasteiger partial charge in [0.2, 0.25) is 5.91 Å². The van der Waals surface area contributed by atoms with E-state index in [1.807, 2.05) is 13.0 Å². The second kappa shape index (κ2) is 9.38. The zero-order chi connectivity index (χ0) is 22.5. The van der Waals surface area contributed by atoms with E-state index < -0.39 is 23.8 Å². The quantitative estimate of drug-likeness (QED) is 0.390. The summed E-state index contributed by atoms with van der Waals surface area (Å²) in [7, 11) is 0. The lowest BCUT2D eigenvalue weighted by molar-refractivity contribution is -0.122. The summed E-state index contributed by atoms with van der Waals surface area (Å²) in [6, 6.07) is 12.2. The summed E-state index contributed by atoms with van der Waals surface area (Å²) in [4.78, 5) is 53.2. The van der Waals surface area contributed by atoms with Crippen LogP contribution in [0.5, 0.6) is 0 Å². The van der Waals surface area contributed by atoms with Gasteiger partial charge in [0.15, 0.2) is 0 Å². The Labute approximate surface area is 180 Å².